The molecule has 5 aromatic carbocycles. The molecule has 0 spiro atoms. The van der Waals surface area contributed by atoms with E-state index in [2.05, 4.69) is 27.5 Å². The predicted octanol–water partition coefficient (Wildman–Crippen LogP) is 6.63. The van der Waals surface area contributed by atoms with Crippen molar-refractivity contribution >= 4 is 76.0 Å². The third-order valence-corrected chi connectivity index (χ3v) is 10.3. The van der Waals surface area contributed by atoms with Gasteiger partial charge in [0.05, 0.1) is 6.61 Å². The number of nitrogens with one attached hydrogen (secondary N) is 3. The van der Waals surface area contributed by atoms with Crippen molar-refractivity contribution in [3.63, 3.8) is 0 Å². The van der Waals surface area contributed by atoms with Gasteiger partial charge in [0, 0.05) is 17.7 Å². The van der Waals surface area contributed by atoms with Crippen LogP contribution in [0.5, 0.6) is 11.5 Å². The van der Waals surface area contributed by atoms with E-state index in [-0.39, 0.29) is 63.2 Å². The Morgan fingerprint density at radius 1 is 0.692 bits per heavy atom. The standard InChI is InChI=1S/C49H59N7O7.2ClH/c1-3-15-40(48(60)63-31-33-16-6-5-7-17-33)56-47(59)39(23-14-29-53-49(51)52)55-46(58)38(22-12-13-28-50)54-43(57)32-62-42-27-25-35-19-9-11-21-37(35)45(42)44-36-20-10-8-18-34(36)24-26-41(44)61-30-4-2;;/h3,5-11,16-21,24-27,38-40H,1,4,12-15,22-23,28-32,50H2,2H3,(H,54,57)(H,55,58)(H,56,59)(H4,51,52,53);2*1H/t38-,39-,40+;;/m1../s1. The summed E-state index contributed by atoms with van der Waals surface area (Å²) in [4.78, 5) is 58.9. The number of hydrogen-bond acceptors (Lipinski definition) is 9. The fourth-order valence-corrected chi connectivity index (χ4v) is 7.14. The zero-order valence-corrected chi connectivity index (χ0v) is 38.3. The second-order valence-electron chi connectivity index (χ2n) is 15.1. The van der Waals surface area contributed by atoms with E-state index in [0.29, 0.717) is 43.9 Å². The van der Waals surface area contributed by atoms with Crippen LogP contribution < -0.4 is 42.6 Å². The number of ether oxygens (including phenoxy) is 3. The zero-order chi connectivity index (χ0) is 45.0. The van der Waals surface area contributed by atoms with Crippen LogP contribution in [0.25, 0.3) is 32.7 Å². The number of fused-ring (bicyclic) bond motifs is 2. The monoisotopic (exact) mass is 929 g/mol. The first-order valence-electron chi connectivity index (χ1n) is 21.4. The van der Waals surface area contributed by atoms with Crippen molar-refractivity contribution in [2.45, 2.75) is 76.6 Å². The van der Waals surface area contributed by atoms with Gasteiger partial charge in [-0.2, -0.15) is 0 Å². The van der Waals surface area contributed by atoms with Crippen LogP contribution in [0.3, 0.4) is 0 Å². The minimum Gasteiger partial charge on any atom is -0.493 e. The summed E-state index contributed by atoms with van der Waals surface area (Å²) in [6.45, 7) is 6.45. The molecule has 3 amide bonds. The molecular weight excluding hydrogens is 869 g/mol. The number of amides is 3. The fraction of sp³-hybridized carbons (Fsp3) is 0.327. The van der Waals surface area contributed by atoms with E-state index in [4.69, 9.17) is 31.4 Å². The van der Waals surface area contributed by atoms with Gasteiger partial charge in [0.25, 0.3) is 5.91 Å². The molecule has 0 radical (unpaired) electrons. The van der Waals surface area contributed by atoms with Crippen molar-refractivity contribution in [2.24, 2.45) is 22.2 Å². The average Bonchev–Trinajstić information content (AvgIpc) is 3.29. The van der Waals surface area contributed by atoms with Gasteiger partial charge < -0.3 is 47.4 Å². The predicted molar refractivity (Wildman–Crippen MR) is 262 cm³/mol. The summed E-state index contributed by atoms with van der Waals surface area (Å²) < 4.78 is 18.2. The first kappa shape index (κ1) is 53.0. The number of hydrogen-bond donors (Lipinski definition) is 6. The maximum Gasteiger partial charge on any atom is 0.329 e. The second-order valence-corrected chi connectivity index (χ2v) is 15.1. The molecule has 0 saturated heterocycles. The lowest BCUT2D eigenvalue weighted by atomic mass is 9.92. The summed E-state index contributed by atoms with van der Waals surface area (Å²) in [6, 6.07) is 29.6. The highest BCUT2D eigenvalue weighted by molar-refractivity contribution is 6.10. The molecule has 0 bridgehead atoms. The Labute approximate surface area is 392 Å². The minimum absolute atomic E-state index is 0. The fourth-order valence-electron chi connectivity index (χ4n) is 7.14. The lowest BCUT2D eigenvalue weighted by Gasteiger charge is -2.25. The molecule has 5 rings (SSSR count). The molecule has 0 aliphatic carbocycles. The minimum atomic E-state index is -1.13. The third kappa shape index (κ3) is 15.7. The summed E-state index contributed by atoms with van der Waals surface area (Å²) in [5, 5.41) is 12.2. The van der Waals surface area contributed by atoms with Gasteiger partial charge in [-0.15, -0.1) is 31.4 Å². The van der Waals surface area contributed by atoms with Crippen LogP contribution >= 0.6 is 24.8 Å². The number of benzene rings is 5. The molecule has 0 saturated carbocycles. The van der Waals surface area contributed by atoms with E-state index in [1.165, 1.54) is 6.08 Å². The van der Waals surface area contributed by atoms with Gasteiger partial charge in [-0.05, 0) is 90.7 Å². The van der Waals surface area contributed by atoms with Crippen molar-refractivity contribution in [1.82, 2.24) is 16.0 Å². The van der Waals surface area contributed by atoms with Gasteiger partial charge >= 0.3 is 5.97 Å². The molecule has 16 heteroatoms. The molecule has 9 N–H and O–H groups in total. The summed E-state index contributed by atoms with van der Waals surface area (Å²) in [7, 11) is 0. The van der Waals surface area contributed by atoms with E-state index in [0.717, 1.165) is 44.7 Å². The first-order chi connectivity index (χ1) is 30.6. The number of carbonyl (C=O) groups excluding carboxylic acids is 4. The molecule has 0 fully saturated rings. The molecule has 5 aromatic rings. The zero-order valence-electron chi connectivity index (χ0n) is 36.7. The highest BCUT2D eigenvalue weighted by atomic mass is 35.5. The largest absolute Gasteiger partial charge is 0.493 e. The molecule has 0 heterocycles. The van der Waals surface area contributed by atoms with Gasteiger partial charge in [-0.25, -0.2) is 4.79 Å². The summed E-state index contributed by atoms with van der Waals surface area (Å²) in [5.41, 5.74) is 19.2. The lowest BCUT2D eigenvalue weighted by molar-refractivity contribution is -0.149. The van der Waals surface area contributed by atoms with Crippen molar-refractivity contribution in [3.8, 4) is 22.6 Å². The van der Waals surface area contributed by atoms with E-state index < -0.39 is 48.4 Å². The van der Waals surface area contributed by atoms with Gasteiger partial charge in [-0.3, -0.25) is 19.4 Å². The Balaban J connectivity index is 0.00000561. The van der Waals surface area contributed by atoms with Gasteiger partial charge in [0.15, 0.2) is 12.6 Å². The van der Waals surface area contributed by atoms with Gasteiger partial charge in [0.1, 0.15) is 36.2 Å². The molecule has 0 aliphatic heterocycles. The van der Waals surface area contributed by atoms with Crippen LogP contribution in [-0.2, 0) is 30.5 Å². The average molecular weight is 931 g/mol. The highest BCUT2D eigenvalue weighted by Gasteiger charge is 2.30. The Bertz CT molecular complexity index is 2360. The van der Waals surface area contributed by atoms with Gasteiger partial charge in [-0.1, -0.05) is 104 Å². The molecule has 65 heavy (non-hydrogen) atoms. The number of nitrogens with zero attached hydrogens (tertiary/aromatic N) is 1. The van der Waals surface area contributed by atoms with Crippen LogP contribution in [0.2, 0.25) is 0 Å². The Morgan fingerprint density at radius 2 is 1.25 bits per heavy atom. The number of guanidine groups is 1. The molecule has 0 aromatic heterocycles. The third-order valence-electron chi connectivity index (χ3n) is 10.3. The Morgan fingerprint density at radius 3 is 1.83 bits per heavy atom. The number of unbranched alkanes of at least 4 members (excludes halogenated alkanes) is 1. The lowest BCUT2D eigenvalue weighted by Crippen LogP contribution is -2.56. The van der Waals surface area contributed by atoms with E-state index >= 15 is 0 Å². The molecule has 0 aliphatic rings. The van der Waals surface area contributed by atoms with E-state index in [1.54, 1.807) is 0 Å². The number of esters is 1. The molecule has 0 unspecified atom stereocenters. The SMILES string of the molecule is C=CC[C@H](NC(=O)[C@@H](CCCN=C(N)N)NC(=O)[C@@H](CCCCN)NC(=O)COc1ccc2ccccc2c1-c1c(OCCC)ccc2ccccc12)C(=O)OCc1ccccc1.Cl.Cl. The van der Waals surface area contributed by atoms with Gasteiger partial charge in [0.2, 0.25) is 11.8 Å². The molecule has 348 valence electrons. The van der Waals surface area contributed by atoms with E-state index in [1.807, 2.05) is 110 Å². The highest BCUT2D eigenvalue weighted by Crippen LogP contribution is 2.45. The van der Waals surface area contributed by atoms with Crippen LogP contribution in [0.1, 0.15) is 57.4 Å². The topological polar surface area (TPSA) is 222 Å². The first-order valence-corrected chi connectivity index (χ1v) is 21.4. The normalized spacial score (nSPS) is 12.0. The summed E-state index contributed by atoms with van der Waals surface area (Å²) in [5.74, 6) is -1.42. The molecule has 14 nitrogen and oxygen atoms in total. The van der Waals surface area contributed by atoms with Crippen LogP contribution in [0.15, 0.2) is 121 Å². The maximum absolute atomic E-state index is 14.1. The Hall–Kier alpha value is -6.35. The molecular formula is C49H61Cl2N7O7. The smallest absolute Gasteiger partial charge is 0.329 e. The second kappa shape index (κ2) is 27.8. The summed E-state index contributed by atoms with van der Waals surface area (Å²) in [6.07, 6.45) is 4.17. The number of halogens is 2. The van der Waals surface area contributed by atoms with E-state index in [9.17, 15) is 19.2 Å². The molecule has 3 atom stereocenters. The van der Waals surface area contributed by atoms with Crippen molar-refractivity contribution in [1.29, 1.82) is 0 Å². The maximum atomic E-state index is 14.1. The van der Waals surface area contributed by atoms with Crippen molar-refractivity contribution in [2.75, 3.05) is 26.3 Å². The van der Waals surface area contributed by atoms with Crippen LogP contribution in [-0.4, -0.2) is 74.1 Å². The number of nitrogens with two attached hydrogens (primary N) is 3. The van der Waals surface area contributed by atoms with Crippen LogP contribution in [0, 0.1) is 0 Å². The number of rotatable bonds is 25. The number of aliphatic imine (C=N–C) groups is 1. The van der Waals surface area contributed by atoms with Crippen molar-refractivity contribution in [3.05, 3.63) is 121 Å². The quantitative estimate of drug-likeness (QED) is 0.0121. The Kier molecular flexibility index (Phi) is 22.6. The van der Waals surface area contributed by atoms with Crippen molar-refractivity contribution < 1.29 is 33.4 Å². The van der Waals surface area contributed by atoms with Crippen LogP contribution in [0.4, 0.5) is 0 Å². The number of carbonyl (C=O) groups is 4. The summed E-state index contributed by atoms with van der Waals surface area (Å²) >= 11 is 0.